The number of furan rings is 1. The van der Waals surface area contributed by atoms with E-state index in [1.165, 1.54) is 24.5 Å². The third kappa shape index (κ3) is 4.46. The fraction of sp³-hybridized carbons (Fsp3) is 0.130. The predicted molar refractivity (Wildman–Crippen MR) is 123 cm³/mol. The van der Waals surface area contributed by atoms with Crippen LogP contribution in [0, 0.1) is 0 Å². The molecule has 10 nitrogen and oxygen atoms in total. The van der Waals surface area contributed by atoms with Crippen molar-refractivity contribution >= 4 is 32.4 Å². The van der Waals surface area contributed by atoms with E-state index >= 15 is 0 Å². The Bertz CT molecular complexity index is 1540. The van der Waals surface area contributed by atoms with Gasteiger partial charge in [-0.15, -0.1) is 0 Å². The van der Waals surface area contributed by atoms with Gasteiger partial charge < -0.3 is 4.42 Å². The summed E-state index contributed by atoms with van der Waals surface area (Å²) in [5.41, 5.74) is 4.21. The monoisotopic (exact) mass is 480 g/mol. The number of nitrogens with zero attached hydrogens (tertiary/aromatic N) is 2. The zero-order valence-corrected chi connectivity index (χ0v) is 18.8. The maximum Gasteiger partial charge on any atom is 0.305 e. The maximum atomic E-state index is 12.8. The molecule has 0 aliphatic heterocycles. The lowest BCUT2D eigenvalue weighted by atomic mass is 10.1. The molecule has 2 N–H and O–H groups in total. The minimum Gasteiger partial charge on any atom is -0.459 e. The van der Waals surface area contributed by atoms with Crippen LogP contribution in [-0.4, -0.2) is 30.0 Å². The van der Waals surface area contributed by atoms with Crippen molar-refractivity contribution < 1.29 is 22.4 Å². The van der Waals surface area contributed by atoms with Crippen LogP contribution in [-0.2, 0) is 22.1 Å². The zero-order valence-electron chi connectivity index (χ0n) is 18.0. The van der Waals surface area contributed by atoms with Gasteiger partial charge in [0.15, 0.2) is 21.3 Å². The molecule has 0 aliphatic rings. The number of hydrazine groups is 1. The minimum atomic E-state index is -3.72. The Hall–Kier alpha value is -4.25. The number of hydrogen-bond donors (Lipinski definition) is 2. The highest BCUT2D eigenvalue weighted by atomic mass is 32.2. The molecule has 0 unspecified atom stereocenters. The van der Waals surface area contributed by atoms with Gasteiger partial charge in [0, 0.05) is 17.5 Å². The summed E-state index contributed by atoms with van der Waals surface area (Å²) in [5, 5.41) is 4.74. The lowest BCUT2D eigenvalue weighted by Gasteiger charge is -2.11. The zero-order chi connectivity index (χ0) is 24.3. The van der Waals surface area contributed by atoms with Crippen molar-refractivity contribution in [3.05, 3.63) is 94.3 Å². The molecule has 4 aromatic rings. The summed E-state index contributed by atoms with van der Waals surface area (Å²) in [6.45, 7) is 1.97. The summed E-state index contributed by atoms with van der Waals surface area (Å²) in [5.74, 6) is -2.31. The molecule has 0 radical (unpaired) electrons. The molecule has 0 saturated heterocycles. The molecule has 2 aromatic heterocycles. The van der Waals surface area contributed by atoms with Crippen LogP contribution in [0.3, 0.4) is 0 Å². The molecule has 0 saturated carbocycles. The molecule has 174 valence electrons. The van der Waals surface area contributed by atoms with E-state index in [0.717, 1.165) is 4.68 Å². The Labute approximate surface area is 194 Å². The minimum absolute atomic E-state index is 0.0522. The number of benzene rings is 2. The van der Waals surface area contributed by atoms with Gasteiger partial charge in [-0.3, -0.25) is 25.2 Å². The number of aryl methyl sites for hydroxylation is 1. The van der Waals surface area contributed by atoms with E-state index in [1.54, 1.807) is 49.4 Å². The van der Waals surface area contributed by atoms with Gasteiger partial charge in [-0.25, -0.2) is 13.1 Å². The first-order chi connectivity index (χ1) is 16.3. The fourth-order valence-electron chi connectivity index (χ4n) is 3.41. The van der Waals surface area contributed by atoms with Gasteiger partial charge in [0.25, 0.3) is 11.5 Å². The van der Waals surface area contributed by atoms with E-state index in [9.17, 15) is 22.8 Å². The summed E-state index contributed by atoms with van der Waals surface area (Å²) in [6, 6.07) is 15.7. The van der Waals surface area contributed by atoms with E-state index in [-0.39, 0.29) is 34.0 Å². The lowest BCUT2D eigenvalue weighted by Crippen LogP contribution is -2.43. The third-order valence-corrected chi connectivity index (χ3v) is 6.75. The van der Waals surface area contributed by atoms with Gasteiger partial charge in [-0.2, -0.15) is 5.10 Å². The van der Waals surface area contributed by atoms with E-state index in [2.05, 4.69) is 16.0 Å². The van der Waals surface area contributed by atoms with Crippen LogP contribution in [0.5, 0.6) is 0 Å². The van der Waals surface area contributed by atoms with Crippen molar-refractivity contribution in [1.29, 1.82) is 0 Å². The molecular formula is C23H20N4O6S. The number of fused-ring (bicyclic) bond motifs is 1. The summed E-state index contributed by atoms with van der Waals surface area (Å²) in [6.07, 6.45) is 1.19. The van der Waals surface area contributed by atoms with Crippen molar-refractivity contribution in [2.75, 3.05) is 0 Å². The Morgan fingerprint density at radius 1 is 0.941 bits per heavy atom. The molecule has 0 bridgehead atoms. The average Bonchev–Trinajstić information content (AvgIpc) is 3.31. The highest BCUT2D eigenvalue weighted by molar-refractivity contribution is 7.90. The molecule has 0 aliphatic carbocycles. The molecule has 2 amide bonds. The highest BCUT2D eigenvalue weighted by Gasteiger charge is 2.23. The maximum absolute atomic E-state index is 12.8. The van der Waals surface area contributed by atoms with Crippen molar-refractivity contribution in [3.8, 4) is 0 Å². The number of sulfone groups is 1. The van der Waals surface area contributed by atoms with Crippen LogP contribution >= 0.6 is 0 Å². The van der Waals surface area contributed by atoms with Crippen LogP contribution in [0.1, 0.15) is 33.5 Å². The van der Waals surface area contributed by atoms with E-state index in [4.69, 9.17) is 4.42 Å². The first-order valence-electron chi connectivity index (χ1n) is 10.3. The van der Waals surface area contributed by atoms with Crippen LogP contribution in [0.4, 0.5) is 0 Å². The van der Waals surface area contributed by atoms with Crippen molar-refractivity contribution in [3.63, 3.8) is 0 Å². The van der Waals surface area contributed by atoms with Crippen LogP contribution < -0.4 is 16.4 Å². The van der Waals surface area contributed by atoms with Crippen molar-refractivity contribution in [1.82, 2.24) is 20.6 Å². The first-order valence-corrected chi connectivity index (χ1v) is 11.9. The standard InChI is InChI=1S/C23H20N4O6S/c1-2-27-23(30)18-11-7-6-10-17(18)19(26-27)21(28)24-25-22(29)20-15(12-13-33-20)14-34(31,32)16-8-4-3-5-9-16/h3-13H,2,14H2,1H3,(H,24,28)(H,25,29). The Kier molecular flexibility index (Phi) is 6.28. The average molecular weight is 481 g/mol. The van der Waals surface area contributed by atoms with E-state index in [0.29, 0.717) is 10.8 Å². The number of aromatic nitrogens is 2. The molecule has 0 atom stereocenters. The molecule has 2 aromatic carbocycles. The summed E-state index contributed by atoms with van der Waals surface area (Å²) >= 11 is 0. The second-order valence-corrected chi connectivity index (χ2v) is 9.26. The van der Waals surface area contributed by atoms with Gasteiger partial charge in [-0.05, 0) is 31.2 Å². The molecule has 2 heterocycles. The van der Waals surface area contributed by atoms with Gasteiger partial charge in [0.05, 0.1) is 22.3 Å². The summed E-state index contributed by atoms with van der Waals surface area (Å²) < 4.78 is 31.6. The van der Waals surface area contributed by atoms with E-state index in [1.807, 2.05) is 0 Å². The lowest BCUT2D eigenvalue weighted by molar-refractivity contribution is 0.0827. The molecular weight excluding hydrogens is 460 g/mol. The number of amides is 2. The highest BCUT2D eigenvalue weighted by Crippen LogP contribution is 2.20. The fourth-order valence-corrected chi connectivity index (χ4v) is 4.79. The Morgan fingerprint density at radius 3 is 2.29 bits per heavy atom. The normalized spacial score (nSPS) is 11.3. The quantitative estimate of drug-likeness (QED) is 0.403. The SMILES string of the molecule is CCn1nc(C(=O)NNC(=O)c2occc2CS(=O)(=O)c2ccccc2)c2ccccc2c1=O. The Morgan fingerprint density at radius 2 is 1.59 bits per heavy atom. The van der Waals surface area contributed by atoms with Gasteiger partial charge in [0.1, 0.15) is 0 Å². The van der Waals surface area contributed by atoms with Gasteiger partial charge in [-0.1, -0.05) is 36.4 Å². The number of carbonyl (C=O) groups excluding carboxylic acids is 2. The second kappa shape index (κ2) is 9.32. The van der Waals surface area contributed by atoms with Crippen LogP contribution in [0.25, 0.3) is 10.8 Å². The van der Waals surface area contributed by atoms with E-state index < -0.39 is 27.4 Å². The molecule has 11 heteroatoms. The van der Waals surface area contributed by atoms with Gasteiger partial charge in [0.2, 0.25) is 0 Å². The number of rotatable bonds is 6. The Balaban J connectivity index is 1.53. The molecule has 4 rings (SSSR count). The van der Waals surface area contributed by atoms with Crippen molar-refractivity contribution in [2.24, 2.45) is 0 Å². The number of nitrogens with one attached hydrogen (secondary N) is 2. The largest absolute Gasteiger partial charge is 0.459 e. The number of hydrogen-bond acceptors (Lipinski definition) is 7. The smallest absolute Gasteiger partial charge is 0.305 e. The molecule has 0 spiro atoms. The molecule has 34 heavy (non-hydrogen) atoms. The third-order valence-electron chi connectivity index (χ3n) is 5.07. The summed E-state index contributed by atoms with van der Waals surface area (Å²) in [4.78, 5) is 38.0. The summed E-state index contributed by atoms with van der Waals surface area (Å²) in [7, 11) is -3.72. The number of carbonyl (C=O) groups is 2. The second-order valence-electron chi connectivity index (χ2n) is 7.27. The predicted octanol–water partition coefficient (Wildman–Crippen LogP) is 2.06. The van der Waals surface area contributed by atoms with Crippen LogP contribution in [0.15, 0.2) is 81.0 Å². The first kappa shape index (κ1) is 22.9. The van der Waals surface area contributed by atoms with Gasteiger partial charge >= 0.3 is 5.91 Å². The topological polar surface area (TPSA) is 140 Å². The molecule has 0 fully saturated rings. The van der Waals surface area contributed by atoms with Crippen LogP contribution in [0.2, 0.25) is 0 Å². The van der Waals surface area contributed by atoms with Crippen molar-refractivity contribution in [2.45, 2.75) is 24.1 Å².